The van der Waals surface area contributed by atoms with Crippen LogP contribution in [0.1, 0.15) is 36.8 Å². The molecule has 0 unspecified atom stereocenters. The molecule has 0 aliphatic carbocycles. The Morgan fingerprint density at radius 3 is 2.58 bits per heavy atom. The Morgan fingerprint density at radius 2 is 1.95 bits per heavy atom. The van der Waals surface area contributed by atoms with Crippen LogP contribution in [0.15, 0.2) is 24.3 Å². The van der Waals surface area contributed by atoms with Gasteiger partial charge in [-0.3, -0.25) is 9.78 Å². The Labute approximate surface area is 118 Å². The molecule has 0 aliphatic rings. The minimum atomic E-state index is -0.279. The van der Waals surface area contributed by atoms with E-state index in [1.165, 1.54) is 0 Å². The lowest BCUT2D eigenvalue weighted by atomic mass is 10.0. The number of nitrogens with one attached hydrogen (secondary N) is 1. The number of benzene rings is 1. The fourth-order valence-electron chi connectivity index (χ4n) is 1.93. The molecular weight excluding hydrogens is 260 g/mol. The van der Waals surface area contributed by atoms with Crippen molar-refractivity contribution < 1.29 is 4.79 Å². The van der Waals surface area contributed by atoms with Gasteiger partial charge in [-0.25, -0.2) is 0 Å². The molecule has 1 aromatic heterocycles. The van der Waals surface area contributed by atoms with Gasteiger partial charge in [0.1, 0.15) is 0 Å². The summed E-state index contributed by atoms with van der Waals surface area (Å²) in [5.41, 5.74) is 1.93. The van der Waals surface area contributed by atoms with Gasteiger partial charge in [-0.15, -0.1) is 0 Å². The summed E-state index contributed by atoms with van der Waals surface area (Å²) in [6.45, 7) is 7.73. The number of halogens is 1. The van der Waals surface area contributed by atoms with Crippen molar-refractivity contribution in [2.75, 3.05) is 0 Å². The van der Waals surface area contributed by atoms with Crippen molar-refractivity contribution in [3.63, 3.8) is 0 Å². The van der Waals surface area contributed by atoms with Crippen LogP contribution in [-0.4, -0.2) is 16.4 Å². The van der Waals surface area contributed by atoms with Gasteiger partial charge in [0.15, 0.2) is 0 Å². The zero-order valence-corrected chi connectivity index (χ0v) is 12.3. The smallest absolute Gasteiger partial charge is 0.252 e. The summed E-state index contributed by atoms with van der Waals surface area (Å²) in [6.07, 6.45) is 0. The summed E-state index contributed by atoms with van der Waals surface area (Å²) in [6, 6.07) is 7.18. The molecule has 0 bridgehead atoms. The molecule has 19 heavy (non-hydrogen) atoms. The second kappa shape index (κ2) is 4.82. The van der Waals surface area contributed by atoms with E-state index >= 15 is 0 Å². The molecule has 3 nitrogen and oxygen atoms in total. The average Bonchev–Trinajstić information content (AvgIpc) is 2.26. The van der Waals surface area contributed by atoms with Gasteiger partial charge in [0.05, 0.1) is 11.1 Å². The largest absolute Gasteiger partial charge is 0.347 e. The number of rotatable bonds is 1. The van der Waals surface area contributed by atoms with Crippen LogP contribution in [0, 0.1) is 6.92 Å². The highest BCUT2D eigenvalue weighted by atomic mass is 35.5. The van der Waals surface area contributed by atoms with Crippen molar-refractivity contribution in [1.29, 1.82) is 0 Å². The fraction of sp³-hybridized carbons (Fsp3) is 0.333. The number of aryl methyl sites for hydroxylation is 1. The first-order chi connectivity index (χ1) is 8.76. The Hall–Kier alpha value is -1.61. The molecule has 0 fully saturated rings. The van der Waals surface area contributed by atoms with Crippen LogP contribution in [0.2, 0.25) is 5.02 Å². The van der Waals surface area contributed by atoms with Crippen molar-refractivity contribution in [3.8, 4) is 0 Å². The van der Waals surface area contributed by atoms with Crippen LogP contribution in [-0.2, 0) is 0 Å². The molecule has 4 heteroatoms. The molecule has 0 aliphatic heterocycles. The lowest BCUT2D eigenvalue weighted by Gasteiger charge is -2.21. The molecule has 1 amide bonds. The van der Waals surface area contributed by atoms with E-state index in [2.05, 4.69) is 10.3 Å². The molecule has 0 spiro atoms. The summed E-state index contributed by atoms with van der Waals surface area (Å²) in [7, 11) is 0. The van der Waals surface area contributed by atoms with Gasteiger partial charge in [0.25, 0.3) is 5.91 Å². The van der Waals surface area contributed by atoms with Gasteiger partial charge in [-0.1, -0.05) is 11.6 Å². The summed E-state index contributed by atoms with van der Waals surface area (Å²) in [5, 5.41) is 4.34. The Bertz CT molecular complexity index is 644. The second-order valence-electron chi connectivity index (χ2n) is 5.68. The molecule has 0 saturated heterocycles. The van der Waals surface area contributed by atoms with Crippen molar-refractivity contribution in [2.45, 2.75) is 33.2 Å². The van der Waals surface area contributed by atoms with Crippen LogP contribution >= 0.6 is 11.6 Å². The number of aromatic nitrogens is 1. The summed E-state index contributed by atoms with van der Waals surface area (Å²) in [5.74, 6) is -0.106. The molecule has 0 atom stereocenters. The van der Waals surface area contributed by atoms with Gasteiger partial charge in [0, 0.05) is 21.6 Å². The lowest BCUT2D eigenvalue weighted by Crippen LogP contribution is -2.40. The van der Waals surface area contributed by atoms with E-state index in [1.54, 1.807) is 18.2 Å². The summed E-state index contributed by atoms with van der Waals surface area (Å²) in [4.78, 5) is 16.8. The van der Waals surface area contributed by atoms with Gasteiger partial charge in [-0.05, 0) is 52.0 Å². The van der Waals surface area contributed by atoms with E-state index in [0.29, 0.717) is 10.6 Å². The first-order valence-corrected chi connectivity index (χ1v) is 6.53. The van der Waals surface area contributed by atoms with Crippen LogP contribution < -0.4 is 5.32 Å². The number of nitrogens with zero attached hydrogens (tertiary/aromatic N) is 1. The number of hydrogen-bond donors (Lipinski definition) is 1. The molecular formula is C15H17ClN2O. The number of carbonyl (C=O) groups excluding carboxylic acids is 1. The normalized spacial score (nSPS) is 11.6. The quantitative estimate of drug-likeness (QED) is 0.862. The van der Waals surface area contributed by atoms with Gasteiger partial charge in [0.2, 0.25) is 0 Å². The fourth-order valence-corrected chi connectivity index (χ4v) is 2.10. The van der Waals surface area contributed by atoms with Crippen molar-refractivity contribution in [2.24, 2.45) is 0 Å². The minimum absolute atomic E-state index is 0.106. The van der Waals surface area contributed by atoms with Crippen LogP contribution in [0.4, 0.5) is 0 Å². The number of amides is 1. The van der Waals surface area contributed by atoms with E-state index in [0.717, 1.165) is 16.6 Å². The highest BCUT2D eigenvalue weighted by molar-refractivity contribution is 6.31. The summed E-state index contributed by atoms with van der Waals surface area (Å²) < 4.78 is 0. The Balaban J connectivity index is 2.58. The van der Waals surface area contributed by atoms with E-state index in [9.17, 15) is 4.79 Å². The minimum Gasteiger partial charge on any atom is -0.347 e. The third-order valence-corrected chi connectivity index (χ3v) is 2.87. The van der Waals surface area contributed by atoms with E-state index in [-0.39, 0.29) is 11.4 Å². The zero-order valence-electron chi connectivity index (χ0n) is 11.5. The van der Waals surface area contributed by atoms with Crippen molar-refractivity contribution in [1.82, 2.24) is 10.3 Å². The van der Waals surface area contributed by atoms with E-state index in [1.807, 2.05) is 33.8 Å². The van der Waals surface area contributed by atoms with Gasteiger partial charge < -0.3 is 5.32 Å². The third-order valence-electron chi connectivity index (χ3n) is 2.63. The lowest BCUT2D eigenvalue weighted by molar-refractivity contribution is 0.0921. The molecule has 0 radical (unpaired) electrons. The maximum atomic E-state index is 12.4. The van der Waals surface area contributed by atoms with Gasteiger partial charge >= 0.3 is 0 Å². The first-order valence-electron chi connectivity index (χ1n) is 6.16. The standard InChI is InChI=1S/C15H17ClN2O/c1-9-7-12(14(19)18-15(2,3)4)11-8-10(16)5-6-13(11)17-9/h5-8H,1-4H3,(H,18,19). The van der Waals surface area contributed by atoms with E-state index in [4.69, 9.17) is 11.6 Å². The SMILES string of the molecule is Cc1cc(C(=O)NC(C)(C)C)c2cc(Cl)ccc2n1. The topological polar surface area (TPSA) is 42.0 Å². The predicted molar refractivity (Wildman–Crippen MR) is 78.7 cm³/mol. The molecule has 0 saturated carbocycles. The number of fused-ring (bicyclic) bond motifs is 1. The maximum Gasteiger partial charge on any atom is 0.252 e. The predicted octanol–water partition coefficient (Wildman–Crippen LogP) is 3.72. The van der Waals surface area contributed by atoms with E-state index < -0.39 is 0 Å². The number of pyridine rings is 1. The average molecular weight is 277 g/mol. The number of carbonyl (C=O) groups is 1. The second-order valence-corrected chi connectivity index (χ2v) is 6.11. The molecule has 1 N–H and O–H groups in total. The zero-order chi connectivity index (χ0) is 14.2. The maximum absolute atomic E-state index is 12.4. The van der Waals surface area contributed by atoms with Crippen LogP contribution in [0.5, 0.6) is 0 Å². The van der Waals surface area contributed by atoms with Crippen molar-refractivity contribution >= 4 is 28.4 Å². The summed E-state index contributed by atoms with van der Waals surface area (Å²) >= 11 is 6.01. The number of hydrogen-bond acceptors (Lipinski definition) is 2. The Kier molecular flexibility index (Phi) is 3.50. The molecule has 2 rings (SSSR count). The van der Waals surface area contributed by atoms with Crippen LogP contribution in [0.25, 0.3) is 10.9 Å². The molecule has 2 aromatic rings. The highest BCUT2D eigenvalue weighted by Crippen LogP contribution is 2.23. The van der Waals surface area contributed by atoms with Crippen LogP contribution in [0.3, 0.4) is 0 Å². The molecule has 1 aromatic carbocycles. The van der Waals surface area contributed by atoms with Crippen molar-refractivity contribution in [3.05, 3.63) is 40.5 Å². The Morgan fingerprint density at radius 1 is 1.26 bits per heavy atom. The third kappa shape index (κ3) is 3.24. The molecule has 100 valence electrons. The van der Waals surface area contributed by atoms with Gasteiger partial charge in [-0.2, -0.15) is 0 Å². The monoisotopic (exact) mass is 276 g/mol. The molecule has 1 heterocycles. The first kappa shape index (κ1) is 13.8. The highest BCUT2D eigenvalue weighted by Gasteiger charge is 2.18.